The number of carbonyl (C=O) groups excluding carboxylic acids is 2. The van der Waals surface area contributed by atoms with E-state index < -0.39 is 0 Å². The van der Waals surface area contributed by atoms with Crippen molar-refractivity contribution in [1.29, 1.82) is 0 Å². The average molecular weight is 894 g/mol. The number of hydrogen-bond acceptors (Lipinski definition) is 7. The Morgan fingerprint density at radius 2 is 0.762 bits per heavy atom. The third kappa shape index (κ3) is 40.8. The second-order valence-corrected chi connectivity index (χ2v) is 20.0. The summed E-state index contributed by atoms with van der Waals surface area (Å²) in [5.74, 6) is 1.10. The molecule has 0 rings (SSSR count). The molecule has 376 valence electrons. The lowest BCUT2D eigenvalue weighted by Crippen LogP contribution is -2.40. The highest BCUT2D eigenvalue weighted by Crippen LogP contribution is 2.24. The lowest BCUT2D eigenvalue weighted by atomic mass is 9.96. The van der Waals surface area contributed by atoms with E-state index in [4.69, 9.17) is 14.3 Å². The maximum absolute atomic E-state index is 12.6. The number of hydroxylamine groups is 2. The molecule has 3 unspecified atom stereocenters. The van der Waals surface area contributed by atoms with E-state index in [1.807, 2.05) is 0 Å². The Morgan fingerprint density at radius 1 is 0.397 bits per heavy atom. The Bertz CT molecular complexity index is 906. The topological polar surface area (TPSA) is 68.3 Å². The van der Waals surface area contributed by atoms with Crippen molar-refractivity contribution in [2.24, 2.45) is 11.8 Å². The molecule has 0 radical (unpaired) electrons. The summed E-state index contributed by atoms with van der Waals surface area (Å²) in [5.41, 5.74) is 0. The molecule has 0 bridgehead atoms. The molecule has 0 fully saturated rings. The van der Waals surface area contributed by atoms with Crippen molar-refractivity contribution in [1.82, 2.24) is 9.96 Å². The van der Waals surface area contributed by atoms with Gasteiger partial charge in [-0.2, -0.15) is 5.06 Å². The molecule has 0 N–H and O–H groups in total. The number of nitrogens with zero attached hydrogens (tertiary/aromatic N) is 2. The number of esters is 2. The predicted molar refractivity (Wildman–Crippen MR) is 272 cm³/mol. The summed E-state index contributed by atoms with van der Waals surface area (Å²) in [6.45, 7) is 16.9. The van der Waals surface area contributed by atoms with Crippen molar-refractivity contribution in [2.45, 2.75) is 298 Å². The van der Waals surface area contributed by atoms with Crippen LogP contribution in [-0.2, 0) is 23.9 Å². The monoisotopic (exact) mass is 893 g/mol. The molecule has 0 saturated carbocycles. The van der Waals surface area contributed by atoms with Crippen LogP contribution >= 0.6 is 0 Å². The van der Waals surface area contributed by atoms with Gasteiger partial charge in [-0.3, -0.25) is 14.4 Å². The van der Waals surface area contributed by atoms with E-state index in [0.717, 1.165) is 58.0 Å². The van der Waals surface area contributed by atoms with Crippen LogP contribution in [0.25, 0.3) is 0 Å². The van der Waals surface area contributed by atoms with Crippen molar-refractivity contribution in [2.75, 3.05) is 40.4 Å². The first-order valence-electron chi connectivity index (χ1n) is 28.1. The Hall–Kier alpha value is -1.18. The standard InChI is InChI=1S/C56H112N2O5/c1-9-15-20-31-40-51(38-18-12-4)49-61-55(59)45-35-28-24-22-26-33-42-53(58(48-37-47-57(7)8)63-54(14-6)44-30-17-11-3)43-34-27-23-25-29-36-46-56(60)62-50-52(39-19-13-5)41-32-21-16-10-2/h51-54H,9-50H2,1-8H3. The average Bonchev–Trinajstić information content (AvgIpc) is 3.27. The number of rotatable bonds is 50. The van der Waals surface area contributed by atoms with E-state index >= 15 is 0 Å². The van der Waals surface area contributed by atoms with Gasteiger partial charge in [0.15, 0.2) is 0 Å². The molecule has 0 aromatic carbocycles. The van der Waals surface area contributed by atoms with E-state index in [2.05, 4.69) is 65.6 Å². The quantitative estimate of drug-likeness (QED) is 0.0342. The smallest absolute Gasteiger partial charge is 0.305 e. The number of hydrogen-bond donors (Lipinski definition) is 0. The first kappa shape index (κ1) is 61.8. The fourth-order valence-corrected chi connectivity index (χ4v) is 9.05. The molecule has 0 aliphatic rings. The van der Waals surface area contributed by atoms with Crippen LogP contribution in [0.15, 0.2) is 0 Å². The molecule has 0 aromatic heterocycles. The van der Waals surface area contributed by atoms with Crippen LogP contribution in [0.2, 0.25) is 0 Å². The number of ether oxygens (including phenoxy) is 2. The van der Waals surface area contributed by atoms with Crippen LogP contribution in [0, 0.1) is 11.8 Å². The minimum Gasteiger partial charge on any atom is -0.465 e. The Balaban J connectivity index is 4.94. The molecular weight excluding hydrogens is 781 g/mol. The third-order valence-electron chi connectivity index (χ3n) is 13.4. The van der Waals surface area contributed by atoms with E-state index in [9.17, 15) is 9.59 Å². The van der Waals surface area contributed by atoms with Crippen LogP contribution in [0.5, 0.6) is 0 Å². The van der Waals surface area contributed by atoms with Gasteiger partial charge in [0.05, 0.1) is 19.3 Å². The summed E-state index contributed by atoms with van der Waals surface area (Å²) >= 11 is 0. The summed E-state index contributed by atoms with van der Waals surface area (Å²) in [6.07, 6.45) is 44.9. The van der Waals surface area contributed by atoms with Crippen molar-refractivity contribution in [3.63, 3.8) is 0 Å². The van der Waals surface area contributed by atoms with Gasteiger partial charge in [-0.1, -0.05) is 202 Å². The molecule has 0 aromatic rings. The summed E-state index contributed by atoms with van der Waals surface area (Å²) in [5, 5.41) is 2.44. The lowest BCUT2D eigenvalue weighted by Gasteiger charge is -2.34. The molecule has 0 aliphatic heterocycles. The van der Waals surface area contributed by atoms with Gasteiger partial charge in [-0.15, -0.1) is 0 Å². The van der Waals surface area contributed by atoms with Crippen LogP contribution in [0.4, 0.5) is 0 Å². The molecule has 63 heavy (non-hydrogen) atoms. The van der Waals surface area contributed by atoms with Crippen molar-refractivity contribution < 1.29 is 23.9 Å². The molecule has 7 nitrogen and oxygen atoms in total. The van der Waals surface area contributed by atoms with E-state index in [0.29, 0.717) is 50.0 Å². The molecule has 0 aliphatic carbocycles. The second-order valence-electron chi connectivity index (χ2n) is 20.0. The summed E-state index contributed by atoms with van der Waals surface area (Å²) in [4.78, 5) is 34.4. The minimum atomic E-state index is 0.0110. The fourth-order valence-electron chi connectivity index (χ4n) is 9.05. The lowest BCUT2D eigenvalue weighted by molar-refractivity contribution is -0.227. The SMILES string of the molecule is CCCCCCC(CCCC)COC(=O)CCCCCCCCC(CCCCCCCCC(=O)OCC(CCCC)CCCCCC)N(CCCN(C)C)OC(CC)CCCCC. The minimum absolute atomic E-state index is 0.0110. The maximum Gasteiger partial charge on any atom is 0.305 e. The Labute approximate surface area is 394 Å². The van der Waals surface area contributed by atoms with Gasteiger partial charge in [0.1, 0.15) is 0 Å². The third-order valence-corrected chi connectivity index (χ3v) is 13.4. The number of unbranched alkanes of at least 4 members (excludes halogenated alkanes) is 20. The largest absolute Gasteiger partial charge is 0.465 e. The van der Waals surface area contributed by atoms with Crippen LogP contribution in [0.1, 0.15) is 286 Å². The molecule has 0 amide bonds. The van der Waals surface area contributed by atoms with Crippen molar-refractivity contribution >= 4 is 11.9 Å². The Morgan fingerprint density at radius 3 is 1.19 bits per heavy atom. The predicted octanol–water partition coefficient (Wildman–Crippen LogP) is 16.8. The molecule has 7 heteroatoms. The van der Waals surface area contributed by atoms with E-state index in [1.165, 1.54) is 186 Å². The van der Waals surface area contributed by atoms with Crippen molar-refractivity contribution in [3.8, 4) is 0 Å². The molecule has 0 heterocycles. The summed E-state index contributed by atoms with van der Waals surface area (Å²) in [6, 6.07) is 0.456. The maximum atomic E-state index is 12.6. The van der Waals surface area contributed by atoms with Crippen LogP contribution in [-0.4, -0.2) is 74.4 Å². The van der Waals surface area contributed by atoms with Crippen molar-refractivity contribution in [3.05, 3.63) is 0 Å². The molecule has 0 saturated heterocycles. The van der Waals surface area contributed by atoms with Gasteiger partial charge >= 0.3 is 11.9 Å². The Kier molecular flexibility index (Phi) is 46.4. The highest BCUT2D eigenvalue weighted by atomic mass is 16.7. The van der Waals surface area contributed by atoms with Gasteiger partial charge in [-0.05, 0) is 103 Å². The first-order valence-corrected chi connectivity index (χ1v) is 28.1. The van der Waals surface area contributed by atoms with E-state index in [-0.39, 0.29) is 11.9 Å². The second kappa shape index (κ2) is 47.3. The van der Waals surface area contributed by atoms with Gasteiger partial charge < -0.3 is 14.4 Å². The highest BCUT2D eigenvalue weighted by Gasteiger charge is 2.23. The van der Waals surface area contributed by atoms with Crippen LogP contribution < -0.4 is 0 Å². The van der Waals surface area contributed by atoms with Gasteiger partial charge in [0.25, 0.3) is 0 Å². The molecular formula is C56H112N2O5. The van der Waals surface area contributed by atoms with Crippen LogP contribution in [0.3, 0.4) is 0 Å². The fraction of sp³-hybridized carbons (Fsp3) is 0.964. The molecule has 3 atom stereocenters. The van der Waals surface area contributed by atoms with Gasteiger partial charge in [0.2, 0.25) is 0 Å². The first-order chi connectivity index (χ1) is 30.7. The normalized spacial score (nSPS) is 13.7. The zero-order valence-electron chi connectivity index (χ0n) is 43.9. The molecule has 0 spiro atoms. The van der Waals surface area contributed by atoms with Gasteiger partial charge in [-0.25, -0.2) is 0 Å². The van der Waals surface area contributed by atoms with Gasteiger partial charge in [0, 0.05) is 25.4 Å². The van der Waals surface area contributed by atoms with E-state index in [1.54, 1.807) is 0 Å². The zero-order valence-corrected chi connectivity index (χ0v) is 43.9. The zero-order chi connectivity index (χ0) is 46.4. The number of carbonyl (C=O) groups is 2. The summed E-state index contributed by atoms with van der Waals surface area (Å²) < 4.78 is 11.6. The highest BCUT2D eigenvalue weighted by molar-refractivity contribution is 5.69. The summed E-state index contributed by atoms with van der Waals surface area (Å²) in [7, 11) is 4.35.